The summed E-state index contributed by atoms with van der Waals surface area (Å²) >= 11 is 4.80. The van der Waals surface area contributed by atoms with Gasteiger partial charge < -0.3 is 4.74 Å². The van der Waals surface area contributed by atoms with E-state index in [1.54, 1.807) is 0 Å². The Morgan fingerprint density at radius 2 is 2.00 bits per heavy atom. The highest BCUT2D eigenvalue weighted by Crippen LogP contribution is 2.30. The molecule has 1 aromatic carbocycles. The van der Waals surface area contributed by atoms with E-state index in [1.165, 1.54) is 13.2 Å². The van der Waals surface area contributed by atoms with E-state index >= 15 is 0 Å². The van der Waals surface area contributed by atoms with Crippen molar-refractivity contribution in [3.63, 3.8) is 0 Å². The molecule has 66 valence electrons. The number of halogens is 4. The Labute approximate surface area is 90.4 Å². The Balaban J connectivity index is 3.39. The van der Waals surface area contributed by atoms with Gasteiger partial charge in [-0.05, 0) is 44.6 Å². The number of benzene rings is 1. The molecule has 0 saturated carbocycles. The Bertz CT molecular complexity index is 317. The number of ether oxygens (including phenoxy) is 1. The first kappa shape index (κ1) is 10.2. The zero-order valence-electron chi connectivity index (χ0n) is 6.00. The number of methoxy groups -OCH3 is 1. The molecule has 0 radical (unpaired) electrons. The highest BCUT2D eigenvalue weighted by molar-refractivity contribution is 14.1. The van der Waals surface area contributed by atoms with Crippen LogP contribution in [-0.2, 0) is 0 Å². The summed E-state index contributed by atoms with van der Waals surface area (Å²) in [5.74, 6) is -1.97. The van der Waals surface area contributed by atoms with E-state index in [0.29, 0.717) is 3.57 Å². The van der Waals surface area contributed by atoms with Gasteiger partial charge in [0.1, 0.15) is 0 Å². The van der Waals surface area contributed by atoms with Crippen LogP contribution in [0.2, 0.25) is 0 Å². The molecule has 5 heteroatoms. The molecule has 0 saturated heterocycles. The van der Waals surface area contributed by atoms with Crippen molar-refractivity contribution in [2.24, 2.45) is 0 Å². The summed E-state index contributed by atoms with van der Waals surface area (Å²) in [4.78, 5) is 0. The van der Waals surface area contributed by atoms with Gasteiger partial charge in [-0.3, -0.25) is 0 Å². The van der Waals surface area contributed by atoms with Crippen LogP contribution in [0.1, 0.15) is 0 Å². The summed E-state index contributed by atoms with van der Waals surface area (Å²) in [5.41, 5.74) is 0. The molecule has 0 amide bonds. The Kier molecular flexibility index (Phi) is 3.28. The van der Waals surface area contributed by atoms with Crippen molar-refractivity contribution in [3.05, 3.63) is 25.7 Å². The predicted octanol–water partition coefficient (Wildman–Crippen LogP) is 3.34. The quantitative estimate of drug-likeness (QED) is 0.429. The molecule has 1 rings (SSSR count). The van der Waals surface area contributed by atoms with Crippen LogP contribution in [0.3, 0.4) is 0 Å². The van der Waals surface area contributed by atoms with E-state index in [2.05, 4.69) is 20.7 Å². The molecule has 0 atom stereocenters. The lowest BCUT2D eigenvalue weighted by atomic mass is 10.3. The highest BCUT2D eigenvalue weighted by atomic mass is 127. The lowest BCUT2D eigenvalue weighted by Crippen LogP contribution is -1.95. The summed E-state index contributed by atoms with van der Waals surface area (Å²) in [6.07, 6.45) is 0. The summed E-state index contributed by atoms with van der Waals surface area (Å²) in [6.45, 7) is 0. The topological polar surface area (TPSA) is 9.23 Å². The second kappa shape index (κ2) is 3.87. The second-order valence-corrected chi connectivity index (χ2v) is 3.96. The van der Waals surface area contributed by atoms with E-state index in [0.717, 1.165) is 0 Å². The minimum atomic E-state index is -0.968. The van der Waals surface area contributed by atoms with Gasteiger partial charge in [0, 0.05) is 3.57 Å². The Hall–Kier alpha value is 0.0900. The summed E-state index contributed by atoms with van der Waals surface area (Å²) < 4.78 is 31.2. The average Bonchev–Trinajstić information content (AvgIpc) is 2.08. The summed E-state index contributed by atoms with van der Waals surface area (Å²) in [5, 5.41) is 0. The minimum Gasteiger partial charge on any atom is -0.494 e. The van der Waals surface area contributed by atoms with Crippen molar-refractivity contribution in [3.8, 4) is 5.75 Å². The molecule has 0 unspecified atom stereocenters. The van der Waals surface area contributed by atoms with Gasteiger partial charge in [-0.25, -0.2) is 4.39 Å². The third-order valence-electron chi connectivity index (χ3n) is 1.29. The number of hydrogen-bond donors (Lipinski definition) is 0. The largest absolute Gasteiger partial charge is 0.494 e. The molecular weight excluding hydrogens is 345 g/mol. The van der Waals surface area contributed by atoms with Gasteiger partial charge in [0.05, 0.1) is 11.6 Å². The van der Waals surface area contributed by atoms with Crippen LogP contribution in [0.25, 0.3) is 0 Å². The first-order valence-electron chi connectivity index (χ1n) is 2.95. The lowest BCUT2D eigenvalue weighted by molar-refractivity contribution is 0.370. The zero-order valence-corrected chi connectivity index (χ0v) is 9.74. The molecular formula is C7H4BrF2IO. The van der Waals surface area contributed by atoms with E-state index in [9.17, 15) is 8.78 Å². The molecule has 1 aromatic rings. The van der Waals surface area contributed by atoms with Crippen LogP contribution in [0, 0.1) is 15.2 Å². The van der Waals surface area contributed by atoms with Crippen LogP contribution in [0.4, 0.5) is 8.78 Å². The second-order valence-electron chi connectivity index (χ2n) is 2.00. The fourth-order valence-corrected chi connectivity index (χ4v) is 1.51. The van der Waals surface area contributed by atoms with Gasteiger partial charge in [-0.15, -0.1) is 0 Å². The lowest BCUT2D eigenvalue weighted by Gasteiger charge is -2.05. The zero-order chi connectivity index (χ0) is 9.30. The smallest absolute Gasteiger partial charge is 0.201 e. The predicted molar refractivity (Wildman–Crippen MR) is 53.3 cm³/mol. The molecule has 0 heterocycles. The summed E-state index contributed by atoms with van der Waals surface area (Å²) in [6, 6.07) is 1.42. The first-order chi connectivity index (χ1) is 5.57. The van der Waals surface area contributed by atoms with E-state index in [-0.39, 0.29) is 10.2 Å². The molecule has 0 aliphatic rings. The van der Waals surface area contributed by atoms with Crippen LogP contribution in [0.15, 0.2) is 10.5 Å². The molecule has 1 nitrogen and oxygen atoms in total. The van der Waals surface area contributed by atoms with Gasteiger partial charge in [-0.2, -0.15) is 4.39 Å². The van der Waals surface area contributed by atoms with Crippen LogP contribution < -0.4 is 4.74 Å². The molecule has 0 aliphatic carbocycles. The molecule has 0 aromatic heterocycles. The maximum absolute atomic E-state index is 12.9. The van der Waals surface area contributed by atoms with Crippen molar-refractivity contribution in [2.75, 3.05) is 7.11 Å². The minimum absolute atomic E-state index is 0.0832. The normalized spacial score (nSPS) is 10.1. The maximum atomic E-state index is 12.9. The first-order valence-corrected chi connectivity index (χ1v) is 4.82. The van der Waals surface area contributed by atoms with Crippen LogP contribution in [-0.4, -0.2) is 7.11 Å². The van der Waals surface area contributed by atoms with Crippen LogP contribution >= 0.6 is 38.5 Å². The van der Waals surface area contributed by atoms with Crippen molar-refractivity contribution in [1.82, 2.24) is 0 Å². The third kappa shape index (κ3) is 1.71. The van der Waals surface area contributed by atoms with Gasteiger partial charge in [0.2, 0.25) is 5.82 Å². The Morgan fingerprint density at radius 3 is 2.50 bits per heavy atom. The maximum Gasteiger partial charge on any atom is 0.201 e. The van der Waals surface area contributed by atoms with Gasteiger partial charge in [0.15, 0.2) is 11.6 Å². The molecule has 0 aliphatic heterocycles. The van der Waals surface area contributed by atoms with E-state index in [4.69, 9.17) is 0 Å². The van der Waals surface area contributed by atoms with Crippen molar-refractivity contribution in [1.29, 1.82) is 0 Å². The van der Waals surface area contributed by atoms with Crippen LogP contribution in [0.5, 0.6) is 5.75 Å². The molecule has 0 spiro atoms. The third-order valence-corrected chi connectivity index (χ3v) is 3.66. The fourth-order valence-electron chi connectivity index (χ4n) is 0.700. The summed E-state index contributed by atoms with van der Waals surface area (Å²) in [7, 11) is 1.29. The molecule has 0 N–H and O–H groups in total. The van der Waals surface area contributed by atoms with Gasteiger partial charge in [-0.1, -0.05) is 0 Å². The number of hydrogen-bond acceptors (Lipinski definition) is 1. The molecule has 0 bridgehead atoms. The van der Waals surface area contributed by atoms with Gasteiger partial charge >= 0.3 is 0 Å². The SMILES string of the molecule is COc1cc(I)c(Br)c(F)c1F. The van der Waals surface area contributed by atoms with Crippen molar-refractivity contribution >= 4 is 38.5 Å². The van der Waals surface area contributed by atoms with Crippen molar-refractivity contribution < 1.29 is 13.5 Å². The fraction of sp³-hybridized carbons (Fsp3) is 0.143. The van der Waals surface area contributed by atoms with Gasteiger partial charge in [0.25, 0.3) is 0 Å². The highest BCUT2D eigenvalue weighted by Gasteiger charge is 2.15. The monoisotopic (exact) mass is 348 g/mol. The van der Waals surface area contributed by atoms with Crippen molar-refractivity contribution in [2.45, 2.75) is 0 Å². The van der Waals surface area contributed by atoms with E-state index < -0.39 is 11.6 Å². The van der Waals surface area contributed by atoms with E-state index in [1.807, 2.05) is 22.6 Å². The molecule has 0 fully saturated rings. The molecule has 12 heavy (non-hydrogen) atoms. The Morgan fingerprint density at radius 1 is 1.42 bits per heavy atom. The number of rotatable bonds is 1. The average molecular weight is 349 g/mol. The standard InChI is InChI=1S/C7H4BrF2IO/c1-12-4-2-3(11)5(8)7(10)6(4)9/h2H,1H3.